The van der Waals surface area contributed by atoms with Crippen LogP contribution < -0.4 is 4.74 Å². The van der Waals surface area contributed by atoms with Crippen molar-refractivity contribution in [2.75, 3.05) is 0 Å². The van der Waals surface area contributed by atoms with E-state index in [0.29, 0.717) is 4.68 Å². The quantitative estimate of drug-likeness (QED) is 0.811. The summed E-state index contributed by atoms with van der Waals surface area (Å²) in [5.41, 5.74) is -0.887. The fourth-order valence-electron chi connectivity index (χ4n) is 1.20. The summed E-state index contributed by atoms with van der Waals surface area (Å²) in [6, 6.07) is 2.23. The topological polar surface area (TPSA) is 52.8 Å². The van der Waals surface area contributed by atoms with Crippen LogP contribution in [0, 0.1) is 0 Å². The Morgan fingerprint density at radius 3 is 2.59 bits per heavy atom. The summed E-state index contributed by atoms with van der Waals surface area (Å²) in [5, 5.41) is 3.59. The molecule has 0 aliphatic rings. The van der Waals surface area contributed by atoms with Gasteiger partial charge in [-0.2, -0.15) is 13.2 Å². The van der Waals surface area contributed by atoms with Crippen molar-refractivity contribution in [2.45, 2.75) is 6.18 Å². The number of halogens is 3. The molecule has 2 aromatic heterocycles. The molecule has 0 fully saturated rings. The van der Waals surface area contributed by atoms with Crippen molar-refractivity contribution in [1.82, 2.24) is 19.7 Å². The Hall–Kier alpha value is -2.12. The molecule has 0 aliphatic carbocycles. The molecular weight excluding hydrogens is 237 g/mol. The maximum absolute atomic E-state index is 12.5. The summed E-state index contributed by atoms with van der Waals surface area (Å²) in [7, 11) is 1.19. The Morgan fingerprint density at radius 1 is 1.29 bits per heavy atom. The number of aromatic nitrogens is 4. The third-order valence-corrected chi connectivity index (χ3v) is 1.91. The van der Waals surface area contributed by atoms with Gasteiger partial charge in [0, 0.05) is 25.4 Å². The molecule has 0 N–H and O–H groups in total. The fourth-order valence-corrected chi connectivity index (χ4v) is 1.20. The molecule has 0 spiro atoms. The fraction of sp³-hybridized carbons (Fsp3) is 0.222. The number of nitrogens with zero attached hydrogens (tertiary/aromatic N) is 4. The predicted octanol–water partition coefficient (Wildman–Crippen LogP) is 2.02. The lowest BCUT2D eigenvalue weighted by Crippen LogP contribution is -2.11. The van der Waals surface area contributed by atoms with E-state index in [0.717, 1.165) is 6.07 Å². The van der Waals surface area contributed by atoms with E-state index in [1.54, 1.807) is 0 Å². The second kappa shape index (κ2) is 4.04. The van der Waals surface area contributed by atoms with Crippen LogP contribution in [0.25, 0.3) is 0 Å². The summed E-state index contributed by atoms with van der Waals surface area (Å²) in [5.74, 6) is -0.0367. The molecule has 2 aromatic rings. The van der Waals surface area contributed by atoms with Gasteiger partial charge in [-0.15, -0.1) is 5.10 Å². The molecule has 0 radical (unpaired) electrons. The van der Waals surface area contributed by atoms with Crippen LogP contribution >= 0.6 is 0 Å². The number of rotatable bonds is 2. The van der Waals surface area contributed by atoms with Gasteiger partial charge in [0.15, 0.2) is 0 Å². The zero-order valence-corrected chi connectivity index (χ0v) is 8.64. The van der Waals surface area contributed by atoms with Crippen molar-refractivity contribution in [3.63, 3.8) is 0 Å². The average Bonchev–Trinajstić information content (AvgIpc) is 2.60. The first-order chi connectivity index (χ1) is 7.97. The number of aryl methyl sites for hydroxylation is 1. The Balaban J connectivity index is 2.24. The van der Waals surface area contributed by atoms with Gasteiger partial charge in [0.05, 0.1) is 0 Å². The predicted molar refractivity (Wildman–Crippen MR) is 50.3 cm³/mol. The maximum atomic E-state index is 12.5. The molecule has 5 nitrogen and oxygen atoms in total. The van der Waals surface area contributed by atoms with Crippen molar-refractivity contribution >= 4 is 0 Å². The summed E-state index contributed by atoms with van der Waals surface area (Å²) >= 11 is 0. The minimum absolute atomic E-state index is 0.131. The normalized spacial score (nSPS) is 11.5. The first-order valence-corrected chi connectivity index (χ1v) is 4.52. The summed E-state index contributed by atoms with van der Waals surface area (Å²) < 4.78 is 43.1. The first-order valence-electron chi connectivity index (χ1n) is 4.52. The second-order valence-electron chi connectivity index (χ2n) is 3.14. The minimum Gasteiger partial charge on any atom is -0.419 e. The van der Waals surface area contributed by atoms with Gasteiger partial charge >= 0.3 is 6.18 Å². The average molecular weight is 244 g/mol. The van der Waals surface area contributed by atoms with Crippen LogP contribution in [0.1, 0.15) is 5.69 Å². The molecule has 90 valence electrons. The van der Waals surface area contributed by atoms with Crippen molar-refractivity contribution in [2.24, 2.45) is 7.05 Å². The van der Waals surface area contributed by atoms with Crippen LogP contribution in [0.15, 0.2) is 24.7 Å². The second-order valence-corrected chi connectivity index (χ2v) is 3.14. The zero-order chi connectivity index (χ0) is 12.5. The molecular formula is C9H7F3N4O. The number of hydrogen-bond acceptors (Lipinski definition) is 4. The lowest BCUT2D eigenvalue weighted by Gasteiger charge is -2.04. The summed E-state index contributed by atoms with van der Waals surface area (Å²) in [6.07, 6.45) is -1.83. The molecule has 17 heavy (non-hydrogen) atoms. The van der Waals surface area contributed by atoms with E-state index >= 15 is 0 Å². The van der Waals surface area contributed by atoms with Gasteiger partial charge in [-0.25, -0.2) is 9.97 Å². The van der Waals surface area contributed by atoms with Gasteiger partial charge in [0.2, 0.25) is 11.8 Å². The van der Waals surface area contributed by atoms with E-state index in [1.165, 1.54) is 25.6 Å². The van der Waals surface area contributed by atoms with Gasteiger partial charge in [-0.05, 0) is 0 Å². The van der Waals surface area contributed by atoms with E-state index in [4.69, 9.17) is 4.74 Å². The highest BCUT2D eigenvalue weighted by Gasteiger charge is 2.35. The molecule has 2 rings (SSSR count). The molecule has 0 bridgehead atoms. The third kappa shape index (κ3) is 2.52. The Labute approximate surface area is 93.9 Å². The Kier molecular flexibility index (Phi) is 2.70. The smallest absolute Gasteiger partial charge is 0.419 e. The van der Waals surface area contributed by atoms with Crippen molar-refractivity contribution in [3.8, 4) is 11.8 Å². The van der Waals surface area contributed by atoms with Crippen molar-refractivity contribution in [3.05, 3.63) is 30.4 Å². The lowest BCUT2D eigenvalue weighted by molar-refractivity contribution is -0.143. The van der Waals surface area contributed by atoms with E-state index in [2.05, 4.69) is 15.1 Å². The highest BCUT2D eigenvalue weighted by atomic mass is 19.4. The van der Waals surface area contributed by atoms with Gasteiger partial charge in [-0.1, -0.05) is 0 Å². The van der Waals surface area contributed by atoms with E-state index in [-0.39, 0.29) is 11.8 Å². The van der Waals surface area contributed by atoms with Gasteiger partial charge < -0.3 is 4.74 Å². The summed E-state index contributed by atoms with van der Waals surface area (Å²) in [4.78, 5) is 7.36. The van der Waals surface area contributed by atoms with Crippen LogP contribution in [0.3, 0.4) is 0 Å². The first kappa shape index (κ1) is 11.4. The van der Waals surface area contributed by atoms with Crippen molar-refractivity contribution < 1.29 is 17.9 Å². The van der Waals surface area contributed by atoms with Gasteiger partial charge in [0.1, 0.15) is 12.0 Å². The third-order valence-electron chi connectivity index (χ3n) is 1.91. The molecule has 0 saturated heterocycles. The highest BCUT2D eigenvalue weighted by molar-refractivity contribution is 5.22. The molecule has 2 heterocycles. The van der Waals surface area contributed by atoms with Crippen LogP contribution in [-0.4, -0.2) is 19.7 Å². The molecule has 0 unspecified atom stereocenters. The lowest BCUT2D eigenvalue weighted by atomic mass is 10.4. The van der Waals surface area contributed by atoms with Crippen LogP contribution in [-0.2, 0) is 13.2 Å². The largest absolute Gasteiger partial charge is 0.433 e. The highest BCUT2D eigenvalue weighted by Crippen LogP contribution is 2.31. The van der Waals surface area contributed by atoms with Crippen LogP contribution in [0.5, 0.6) is 11.8 Å². The van der Waals surface area contributed by atoms with Gasteiger partial charge in [-0.3, -0.25) is 4.68 Å². The van der Waals surface area contributed by atoms with Crippen molar-refractivity contribution in [1.29, 1.82) is 0 Å². The summed E-state index contributed by atoms with van der Waals surface area (Å²) in [6.45, 7) is 0. The number of alkyl halides is 3. The maximum Gasteiger partial charge on any atom is 0.433 e. The molecule has 0 aromatic carbocycles. The molecule has 0 aliphatic heterocycles. The van der Waals surface area contributed by atoms with E-state index < -0.39 is 11.9 Å². The van der Waals surface area contributed by atoms with Gasteiger partial charge in [0.25, 0.3) is 0 Å². The molecule has 0 saturated carbocycles. The van der Waals surface area contributed by atoms with E-state index in [1.807, 2.05) is 0 Å². The Bertz CT molecular complexity index is 509. The monoisotopic (exact) mass is 244 g/mol. The minimum atomic E-state index is -4.46. The van der Waals surface area contributed by atoms with E-state index in [9.17, 15) is 13.2 Å². The van der Waals surface area contributed by atoms with Crippen LogP contribution in [0.4, 0.5) is 13.2 Å². The SMILES string of the molecule is Cn1nc(Oc2ccncn2)cc1C(F)(F)F. The number of hydrogen-bond donors (Lipinski definition) is 0. The molecule has 0 amide bonds. The Morgan fingerprint density at radius 2 is 2.06 bits per heavy atom. The molecule has 8 heteroatoms. The zero-order valence-electron chi connectivity index (χ0n) is 8.64. The van der Waals surface area contributed by atoms with Crippen LogP contribution in [0.2, 0.25) is 0 Å². The number of ether oxygens (including phenoxy) is 1. The standard InChI is InChI=1S/C9H7F3N4O/c1-16-6(9(10,11)12)4-8(15-16)17-7-2-3-13-5-14-7/h2-5H,1H3. The molecule has 0 atom stereocenters.